The molecule has 0 spiro atoms. The van der Waals surface area contributed by atoms with Crippen molar-refractivity contribution in [3.05, 3.63) is 35.4 Å². The van der Waals surface area contributed by atoms with Crippen LogP contribution in [0.25, 0.3) is 0 Å². The number of sulfonamides is 1. The van der Waals surface area contributed by atoms with Crippen LogP contribution in [0, 0.1) is 17.8 Å². The zero-order valence-corrected chi connectivity index (χ0v) is 15.3. The fraction of sp³-hybridized carbons (Fsp3) is 0.632. The number of nitrogens with one attached hydrogen (secondary N) is 1. The Labute approximate surface area is 149 Å². The summed E-state index contributed by atoms with van der Waals surface area (Å²) in [5.74, 6) is 1.65. The maximum atomic E-state index is 12.8. The normalized spacial score (nSPS) is 33.4. The summed E-state index contributed by atoms with van der Waals surface area (Å²) in [4.78, 5) is 11.5. The van der Waals surface area contributed by atoms with E-state index in [2.05, 4.69) is 9.46 Å². The monoisotopic (exact) mass is 363 g/mol. The molecule has 0 saturated heterocycles. The first-order valence-electron chi connectivity index (χ1n) is 9.05. The third-order valence-electron chi connectivity index (χ3n) is 6.14. The number of benzene rings is 1. The Morgan fingerprint density at radius 2 is 1.60 bits per heavy atom. The van der Waals surface area contributed by atoms with Crippen LogP contribution in [0.4, 0.5) is 0 Å². The number of ether oxygens (including phenoxy) is 1. The Balaban J connectivity index is 1.46. The van der Waals surface area contributed by atoms with Gasteiger partial charge in [-0.1, -0.05) is 12.1 Å². The van der Waals surface area contributed by atoms with Gasteiger partial charge in [-0.15, -0.1) is 0 Å². The number of carbonyl (C=O) groups excluding carboxylic acids is 1. The molecule has 25 heavy (non-hydrogen) atoms. The zero-order chi connectivity index (χ0) is 17.7. The van der Waals surface area contributed by atoms with Crippen molar-refractivity contribution in [2.45, 2.75) is 49.8 Å². The lowest BCUT2D eigenvalue weighted by molar-refractivity contribution is -0.00812. The lowest BCUT2D eigenvalue weighted by Gasteiger charge is -2.56. The van der Waals surface area contributed by atoms with Gasteiger partial charge in [0.05, 0.1) is 18.4 Å². The van der Waals surface area contributed by atoms with E-state index in [1.807, 2.05) is 0 Å². The molecule has 0 radical (unpaired) electrons. The molecule has 4 aliphatic rings. The van der Waals surface area contributed by atoms with E-state index < -0.39 is 16.0 Å². The fourth-order valence-electron chi connectivity index (χ4n) is 5.68. The molecule has 4 fully saturated rings. The zero-order valence-electron chi connectivity index (χ0n) is 14.5. The Kier molecular flexibility index (Phi) is 4.15. The average Bonchev–Trinajstić information content (AvgIpc) is 2.52. The lowest BCUT2D eigenvalue weighted by atomic mass is 9.53. The van der Waals surface area contributed by atoms with E-state index in [0.717, 1.165) is 19.3 Å². The van der Waals surface area contributed by atoms with Crippen molar-refractivity contribution in [1.29, 1.82) is 0 Å². The summed E-state index contributed by atoms with van der Waals surface area (Å²) < 4.78 is 33.3. The van der Waals surface area contributed by atoms with Gasteiger partial charge in [0.2, 0.25) is 10.0 Å². The third kappa shape index (κ3) is 3.47. The molecule has 0 heterocycles. The van der Waals surface area contributed by atoms with Crippen LogP contribution in [-0.4, -0.2) is 27.0 Å². The molecular formula is C19H25NO4S. The Morgan fingerprint density at radius 1 is 1.08 bits per heavy atom. The van der Waals surface area contributed by atoms with Crippen molar-refractivity contribution in [2.24, 2.45) is 17.8 Å². The van der Waals surface area contributed by atoms with E-state index in [-0.39, 0.29) is 11.3 Å². The quantitative estimate of drug-likeness (QED) is 0.817. The summed E-state index contributed by atoms with van der Waals surface area (Å²) in [6.45, 7) is 0. The van der Waals surface area contributed by atoms with E-state index >= 15 is 0 Å². The molecule has 4 aliphatic carbocycles. The Morgan fingerprint density at radius 3 is 2.08 bits per heavy atom. The predicted molar refractivity (Wildman–Crippen MR) is 94.4 cm³/mol. The van der Waals surface area contributed by atoms with Gasteiger partial charge in [-0.3, -0.25) is 0 Å². The van der Waals surface area contributed by atoms with Crippen LogP contribution in [-0.2, 0) is 20.5 Å². The molecule has 1 aromatic rings. The summed E-state index contributed by atoms with van der Waals surface area (Å²) in [6.07, 6.45) is 6.86. The van der Waals surface area contributed by atoms with E-state index in [9.17, 15) is 13.2 Å². The summed E-state index contributed by atoms with van der Waals surface area (Å²) in [6, 6.07) is 6.60. The van der Waals surface area contributed by atoms with Gasteiger partial charge in [-0.25, -0.2) is 17.9 Å². The number of hydrogen-bond acceptors (Lipinski definition) is 4. The van der Waals surface area contributed by atoms with Gasteiger partial charge in [-0.05, 0) is 74.0 Å². The van der Waals surface area contributed by atoms with E-state index in [0.29, 0.717) is 28.9 Å². The fourth-order valence-corrected chi connectivity index (χ4v) is 7.29. The van der Waals surface area contributed by atoms with E-state index in [4.69, 9.17) is 0 Å². The Hall–Kier alpha value is -1.40. The van der Waals surface area contributed by atoms with Gasteiger partial charge in [0.15, 0.2) is 0 Å². The summed E-state index contributed by atoms with van der Waals surface area (Å²) in [5.41, 5.74) is 0.905. The van der Waals surface area contributed by atoms with Gasteiger partial charge in [-0.2, -0.15) is 0 Å². The molecule has 136 valence electrons. The second-order valence-electron chi connectivity index (χ2n) is 8.25. The highest BCUT2D eigenvalue weighted by molar-refractivity contribution is 7.88. The van der Waals surface area contributed by atoms with Gasteiger partial charge in [0.1, 0.15) is 0 Å². The maximum Gasteiger partial charge on any atom is 0.337 e. The first kappa shape index (κ1) is 17.0. The van der Waals surface area contributed by atoms with Gasteiger partial charge in [0.25, 0.3) is 0 Å². The average molecular weight is 363 g/mol. The highest BCUT2D eigenvalue weighted by Crippen LogP contribution is 2.55. The van der Waals surface area contributed by atoms with Gasteiger partial charge in [0, 0.05) is 5.54 Å². The molecule has 0 unspecified atom stereocenters. The van der Waals surface area contributed by atoms with Gasteiger partial charge < -0.3 is 4.74 Å². The molecule has 0 aromatic heterocycles. The molecule has 0 atom stereocenters. The highest BCUT2D eigenvalue weighted by Gasteiger charge is 2.52. The molecule has 6 heteroatoms. The smallest absolute Gasteiger partial charge is 0.337 e. The number of hydrogen-bond donors (Lipinski definition) is 1. The van der Waals surface area contributed by atoms with Crippen molar-refractivity contribution >= 4 is 16.0 Å². The molecule has 5 nitrogen and oxygen atoms in total. The first-order chi connectivity index (χ1) is 11.9. The first-order valence-corrected chi connectivity index (χ1v) is 10.7. The number of rotatable bonds is 5. The summed E-state index contributed by atoms with van der Waals surface area (Å²) in [5, 5.41) is 0. The summed E-state index contributed by atoms with van der Waals surface area (Å²) in [7, 11) is -2.07. The van der Waals surface area contributed by atoms with Crippen molar-refractivity contribution in [3.8, 4) is 0 Å². The van der Waals surface area contributed by atoms with Crippen LogP contribution in [0.5, 0.6) is 0 Å². The molecule has 1 aromatic carbocycles. The van der Waals surface area contributed by atoms with Gasteiger partial charge >= 0.3 is 5.97 Å². The van der Waals surface area contributed by atoms with Crippen molar-refractivity contribution in [1.82, 2.24) is 4.72 Å². The minimum atomic E-state index is -3.40. The van der Waals surface area contributed by atoms with Crippen LogP contribution in [0.2, 0.25) is 0 Å². The minimum Gasteiger partial charge on any atom is -0.465 e. The van der Waals surface area contributed by atoms with E-state index in [1.165, 1.54) is 26.4 Å². The van der Waals surface area contributed by atoms with Crippen LogP contribution in [0.1, 0.15) is 54.4 Å². The summed E-state index contributed by atoms with van der Waals surface area (Å²) >= 11 is 0. The van der Waals surface area contributed by atoms with Crippen LogP contribution in [0.15, 0.2) is 24.3 Å². The number of esters is 1. The number of methoxy groups -OCH3 is 1. The number of carbonyl (C=O) groups is 1. The minimum absolute atomic E-state index is 0.0454. The molecule has 0 amide bonds. The molecule has 4 saturated carbocycles. The van der Waals surface area contributed by atoms with Crippen LogP contribution in [0.3, 0.4) is 0 Å². The standard InChI is InChI=1S/C19H25NO4S/c1-24-18(21)17-4-2-13(3-5-17)12-25(22,23)20-19-9-14-6-15(10-19)8-16(7-14)11-19/h2-5,14-16,20H,6-12H2,1H3. The van der Waals surface area contributed by atoms with Crippen LogP contribution < -0.4 is 4.72 Å². The Bertz CT molecular complexity index is 734. The maximum absolute atomic E-state index is 12.8. The molecule has 1 N–H and O–H groups in total. The second kappa shape index (κ2) is 6.09. The third-order valence-corrected chi connectivity index (χ3v) is 7.60. The SMILES string of the molecule is COC(=O)c1ccc(CS(=O)(=O)NC23CC4CC(CC(C4)C2)C3)cc1. The highest BCUT2D eigenvalue weighted by atomic mass is 32.2. The molecule has 4 bridgehead atoms. The second-order valence-corrected chi connectivity index (χ2v) is 9.97. The molecule has 5 rings (SSSR count). The predicted octanol–water partition coefficient (Wildman–Crippen LogP) is 2.86. The van der Waals surface area contributed by atoms with Crippen LogP contribution >= 0.6 is 0 Å². The largest absolute Gasteiger partial charge is 0.465 e. The molecule has 0 aliphatic heterocycles. The topological polar surface area (TPSA) is 72.5 Å². The van der Waals surface area contributed by atoms with Crippen molar-refractivity contribution < 1.29 is 17.9 Å². The molecular weight excluding hydrogens is 338 g/mol. The van der Waals surface area contributed by atoms with E-state index in [1.54, 1.807) is 24.3 Å². The lowest BCUT2D eigenvalue weighted by Crippen LogP contribution is -2.59. The van der Waals surface area contributed by atoms with Crippen molar-refractivity contribution in [3.63, 3.8) is 0 Å². The van der Waals surface area contributed by atoms with Crippen molar-refractivity contribution in [2.75, 3.05) is 7.11 Å².